The molecule has 0 spiro atoms. The normalized spacial score (nSPS) is 23.0. The van der Waals surface area contributed by atoms with Gasteiger partial charge >= 0.3 is 6.03 Å². The van der Waals surface area contributed by atoms with Gasteiger partial charge in [-0.15, -0.1) is 5.10 Å². The Morgan fingerprint density at radius 2 is 1.97 bits per heavy atom. The molecule has 2 heterocycles. The van der Waals surface area contributed by atoms with Crippen molar-refractivity contribution in [2.24, 2.45) is 5.73 Å². The molecule has 0 bridgehead atoms. The summed E-state index contributed by atoms with van der Waals surface area (Å²) in [5, 5.41) is 20.7. The number of aliphatic hydroxyl groups is 1. The minimum Gasteiger partial charge on any atom is -0.393 e. The molecule has 2 aromatic rings. The first-order valence-corrected chi connectivity index (χ1v) is 10.1. The van der Waals surface area contributed by atoms with Gasteiger partial charge in [-0.3, -0.25) is 9.69 Å². The van der Waals surface area contributed by atoms with Crippen LogP contribution in [-0.4, -0.2) is 69.5 Å². The fourth-order valence-electron chi connectivity index (χ4n) is 4.30. The molecule has 9 heteroatoms. The van der Waals surface area contributed by atoms with Crippen molar-refractivity contribution in [1.29, 1.82) is 0 Å². The fraction of sp³-hybridized carbons (Fsp3) is 0.550. The minimum atomic E-state index is -0.666. The number of aryl methyl sites for hydroxylation is 1. The van der Waals surface area contributed by atoms with E-state index in [1.54, 1.807) is 6.07 Å². The molecular formula is C20H28N6O3. The lowest BCUT2D eigenvalue weighted by Crippen LogP contribution is -2.63. The molecule has 2 amide bonds. The van der Waals surface area contributed by atoms with Crippen molar-refractivity contribution >= 4 is 28.7 Å². The number of nitrogens with two attached hydrogens (primary N) is 1. The first-order chi connectivity index (χ1) is 13.9. The molecule has 156 valence electrons. The number of likely N-dealkylation sites (tertiary alicyclic amines) is 1. The highest BCUT2D eigenvalue weighted by atomic mass is 16.3. The molecule has 2 fully saturated rings. The molecule has 1 saturated heterocycles. The predicted molar refractivity (Wildman–Crippen MR) is 110 cm³/mol. The highest BCUT2D eigenvalue weighted by Gasteiger charge is 2.34. The second-order valence-corrected chi connectivity index (χ2v) is 8.15. The molecule has 5 N–H and O–H groups in total. The largest absolute Gasteiger partial charge is 0.393 e. The van der Waals surface area contributed by atoms with E-state index in [0.29, 0.717) is 17.4 Å². The van der Waals surface area contributed by atoms with Crippen LogP contribution in [0.15, 0.2) is 18.2 Å². The Morgan fingerprint density at radius 3 is 2.66 bits per heavy atom. The lowest BCUT2D eigenvalue weighted by atomic mass is 9.89. The third-order valence-electron chi connectivity index (χ3n) is 5.92. The van der Waals surface area contributed by atoms with Crippen LogP contribution in [0.4, 0.5) is 10.6 Å². The summed E-state index contributed by atoms with van der Waals surface area (Å²) in [4.78, 5) is 26.3. The zero-order valence-corrected chi connectivity index (χ0v) is 16.6. The Morgan fingerprint density at radius 1 is 1.24 bits per heavy atom. The van der Waals surface area contributed by atoms with Crippen molar-refractivity contribution in [3.8, 4) is 0 Å². The molecule has 1 aliphatic heterocycles. The molecule has 0 radical (unpaired) electrons. The highest BCUT2D eigenvalue weighted by molar-refractivity contribution is 5.97. The molecule has 1 saturated carbocycles. The van der Waals surface area contributed by atoms with Gasteiger partial charge in [-0.05, 0) is 44.7 Å². The van der Waals surface area contributed by atoms with E-state index in [0.717, 1.165) is 54.4 Å². The summed E-state index contributed by atoms with van der Waals surface area (Å²) in [6.07, 6.45) is 3.64. The second-order valence-electron chi connectivity index (χ2n) is 8.15. The van der Waals surface area contributed by atoms with Gasteiger partial charge in [0.15, 0.2) is 5.82 Å². The lowest BCUT2D eigenvalue weighted by Gasteiger charge is -2.46. The van der Waals surface area contributed by atoms with Gasteiger partial charge < -0.3 is 21.5 Å². The van der Waals surface area contributed by atoms with Crippen molar-refractivity contribution in [2.45, 2.75) is 50.8 Å². The molecule has 1 aromatic heterocycles. The SMILES string of the molecule is Cc1ccc2c(c1)c(NCC(=O)NC1CN([C@H]3CC[C@@H](O)CC3)C1)nn2C(N)=O. The number of primary amides is 1. The Balaban J connectivity index is 1.29. The summed E-state index contributed by atoms with van der Waals surface area (Å²) >= 11 is 0. The van der Waals surface area contributed by atoms with Gasteiger partial charge in [-0.1, -0.05) is 11.6 Å². The van der Waals surface area contributed by atoms with Crippen molar-refractivity contribution in [2.75, 3.05) is 25.0 Å². The molecule has 0 unspecified atom stereocenters. The van der Waals surface area contributed by atoms with E-state index in [2.05, 4.69) is 20.6 Å². The number of amides is 2. The van der Waals surface area contributed by atoms with Crippen LogP contribution in [0.5, 0.6) is 0 Å². The first-order valence-electron chi connectivity index (χ1n) is 10.1. The topological polar surface area (TPSA) is 126 Å². The first kappa shape index (κ1) is 19.7. The number of aromatic nitrogens is 2. The Kier molecular flexibility index (Phi) is 5.42. The maximum absolute atomic E-state index is 12.3. The number of carbonyl (C=O) groups excluding carboxylic acids is 2. The number of nitrogens with zero attached hydrogens (tertiary/aromatic N) is 3. The Labute approximate surface area is 169 Å². The van der Waals surface area contributed by atoms with Crippen LogP contribution in [0.25, 0.3) is 10.9 Å². The number of carbonyl (C=O) groups is 2. The summed E-state index contributed by atoms with van der Waals surface area (Å²) < 4.78 is 1.14. The molecule has 29 heavy (non-hydrogen) atoms. The summed E-state index contributed by atoms with van der Waals surface area (Å²) in [6.45, 7) is 3.73. The van der Waals surface area contributed by atoms with E-state index in [9.17, 15) is 14.7 Å². The second kappa shape index (κ2) is 8.00. The number of fused-ring (bicyclic) bond motifs is 1. The van der Waals surface area contributed by atoms with E-state index in [-0.39, 0.29) is 24.6 Å². The summed E-state index contributed by atoms with van der Waals surface area (Å²) in [5.41, 5.74) is 7.03. The van der Waals surface area contributed by atoms with Gasteiger partial charge in [-0.2, -0.15) is 4.68 Å². The summed E-state index contributed by atoms with van der Waals surface area (Å²) in [5.74, 6) is 0.358. The van der Waals surface area contributed by atoms with Crippen molar-refractivity contribution in [3.05, 3.63) is 23.8 Å². The van der Waals surface area contributed by atoms with Crippen LogP contribution in [0.3, 0.4) is 0 Å². The van der Waals surface area contributed by atoms with Gasteiger partial charge in [-0.25, -0.2) is 4.79 Å². The smallest absolute Gasteiger partial charge is 0.340 e. The molecule has 9 nitrogen and oxygen atoms in total. The number of hydrogen-bond acceptors (Lipinski definition) is 6. The van der Waals surface area contributed by atoms with Crippen LogP contribution in [0, 0.1) is 6.92 Å². The highest BCUT2D eigenvalue weighted by Crippen LogP contribution is 2.27. The fourth-order valence-corrected chi connectivity index (χ4v) is 4.30. The molecule has 4 rings (SSSR count). The van der Waals surface area contributed by atoms with E-state index >= 15 is 0 Å². The lowest BCUT2D eigenvalue weighted by molar-refractivity contribution is -0.121. The average Bonchev–Trinajstić information content (AvgIpc) is 3.02. The number of anilines is 1. The van der Waals surface area contributed by atoms with Crippen LogP contribution in [-0.2, 0) is 4.79 Å². The number of nitrogens with one attached hydrogen (secondary N) is 2. The number of benzene rings is 1. The molecule has 2 aliphatic rings. The summed E-state index contributed by atoms with van der Waals surface area (Å²) in [6, 6.07) is 5.60. The quantitative estimate of drug-likeness (QED) is 0.588. The van der Waals surface area contributed by atoms with E-state index < -0.39 is 6.03 Å². The zero-order valence-electron chi connectivity index (χ0n) is 16.6. The molecule has 1 aromatic carbocycles. The van der Waals surface area contributed by atoms with E-state index in [1.807, 2.05) is 19.1 Å². The molecule has 0 atom stereocenters. The van der Waals surface area contributed by atoms with Gasteiger partial charge in [0, 0.05) is 24.5 Å². The van der Waals surface area contributed by atoms with Crippen molar-refractivity contribution in [3.63, 3.8) is 0 Å². The number of hydrogen-bond donors (Lipinski definition) is 4. The van der Waals surface area contributed by atoms with Crippen molar-refractivity contribution in [1.82, 2.24) is 20.0 Å². The molecule has 1 aliphatic carbocycles. The molecular weight excluding hydrogens is 372 g/mol. The van der Waals surface area contributed by atoms with Gasteiger partial charge in [0.2, 0.25) is 5.91 Å². The maximum Gasteiger partial charge on any atom is 0.340 e. The van der Waals surface area contributed by atoms with Gasteiger partial charge in [0.25, 0.3) is 0 Å². The van der Waals surface area contributed by atoms with Crippen LogP contribution >= 0.6 is 0 Å². The Bertz CT molecular complexity index is 912. The van der Waals surface area contributed by atoms with Crippen molar-refractivity contribution < 1.29 is 14.7 Å². The standard InChI is InChI=1S/C20H28N6O3/c1-12-2-7-17-16(8-12)19(24-26(17)20(21)29)22-9-18(28)23-13-10-25(11-13)14-3-5-15(27)6-4-14/h2,7-8,13-15,27H,3-6,9-11H2,1H3,(H2,21,29)(H,22,24)(H,23,28)/t14-,15+. The van der Waals surface area contributed by atoms with Crippen LogP contribution in [0.2, 0.25) is 0 Å². The maximum atomic E-state index is 12.3. The zero-order chi connectivity index (χ0) is 20.5. The number of rotatable bonds is 5. The monoisotopic (exact) mass is 400 g/mol. The minimum absolute atomic E-state index is 0.0743. The summed E-state index contributed by atoms with van der Waals surface area (Å²) in [7, 11) is 0. The third kappa shape index (κ3) is 4.20. The predicted octanol–water partition coefficient (Wildman–Crippen LogP) is 0.787. The van der Waals surface area contributed by atoms with E-state index in [4.69, 9.17) is 5.73 Å². The average molecular weight is 400 g/mol. The third-order valence-corrected chi connectivity index (χ3v) is 5.92. The van der Waals surface area contributed by atoms with Gasteiger partial charge in [0.05, 0.1) is 24.2 Å². The number of aliphatic hydroxyl groups excluding tert-OH is 1. The Hall–Kier alpha value is -2.65. The van der Waals surface area contributed by atoms with Crippen LogP contribution < -0.4 is 16.4 Å². The van der Waals surface area contributed by atoms with E-state index in [1.165, 1.54) is 0 Å². The van der Waals surface area contributed by atoms with Gasteiger partial charge in [0.1, 0.15) is 0 Å². The van der Waals surface area contributed by atoms with Crippen LogP contribution in [0.1, 0.15) is 31.2 Å².